The maximum Gasteiger partial charge on any atom is 0.194 e. The van der Waals surface area contributed by atoms with E-state index in [1.54, 1.807) is 0 Å². The standard InChI is InChI=1S/C19H29N3O.HI/c1-2-20-18(22-13-10-17(23)14-22)21-15-19(11-6-7-12-19)16-8-4-3-5-9-16;/h3-5,8-9,17,23H,2,6-7,10-15H2,1H3,(H,20,21);1H/t17-;/m1./s1. The zero-order valence-corrected chi connectivity index (χ0v) is 16.9. The van der Waals surface area contributed by atoms with Crippen molar-refractivity contribution in [2.75, 3.05) is 26.2 Å². The molecule has 1 aliphatic heterocycles. The van der Waals surface area contributed by atoms with E-state index in [2.05, 4.69) is 47.5 Å². The molecule has 0 amide bonds. The second-order valence-corrected chi connectivity index (χ2v) is 6.91. The normalized spacial score (nSPS) is 23.2. The van der Waals surface area contributed by atoms with Crippen molar-refractivity contribution in [3.8, 4) is 0 Å². The van der Waals surface area contributed by atoms with Crippen LogP contribution in [0.15, 0.2) is 35.3 Å². The minimum atomic E-state index is -0.214. The fourth-order valence-corrected chi connectivity index (χ4v) is 3.97. The average Bonchev–Trinajstić information content (AvgIpc) is 3.22. The first-order chi connectivity index (χ1) is 11.2. The maximum absolute atomic E-state index is 9.80. The highest BCUT2D eigenvalue weighted by molar-refractivity contribution is 14.0. The molecular formula is C19H30IN3O. The number of likely N-dealkylation sites (tertiary alicyclic amines) is 1. The van der Waals surface area contributed by atoms with Gasteiger partial charge in [0, 0.05) is 25.0 Å². The van der Waals surface area contributed by atoms with Gasteiger partial charge in [0.05, 0.1) is 12.6 Å². The number of halogens is 1. The Morgan fingerprint density at radius 1 is 1.29 bits per heavy atom. The summed E-state index contributed by atoms with van der Waals surface area (Å²) in [6.07, 6.45) is 5.67. The summed E-state index contributed by atoms with van der Waals surface area (Å²) < 4.78 is 0. The Morgan fingerprint density at radius 3 is 2.58 bits per heavy atom. The number of guanidine groups is 1. The summed E-state index contributed by atoms with van der Waals surface area (Å²) in [6, 6.07) is 10.9. The van der Waals surface area contributed by atoms with Crippen LogP contribution in [0, 0.1) is 0 Å². The Balaban J connectivity index is 0.00000208. The molecule has 1 aromatic rings. The van der Waals surface area contributed by atoms with Crippen LogP contribution in [0.1, 0.15) is 44.6 Å². The van der Waals surface area contributed by atoms with Crippen molar-refractivity contribution in [2.45, 2.75) is 50.5 Å². The molecule has 1 heterocycles. The first-order valence-corrected chi connectivity index (χ1v) is 9.00. The fourth-order valence-electron chi connectivity index (χ4n) is 3.97. The topological polar surface area (TPSA) is 47.9 Å². The average molecular weight is 443 g/mol. The van der Waals surface area contributed by atoms with E-state index in [-0.39, 0.29) is 35.5 Å². The molecule has 2 N–H and O–H groups in total. The number of hydrogen-bond donors (Lipinski definition) is 2. The van der Waals surface area contributed by atoms with Crippen molar-refractivity contribution in [1.29, 1.82) is 0 Å². The van der Waals surface area contributed by atoms with Crippen LogP contribution >= 0.6 is 24.0 Å². The molecule has 5 heteroatoms. The summed E-state index contributed by atoms with van der Waals surface area (Å²) in [6.45, 7) is 5.40. The van der Waals surface area contributed by atoms with Gasteiger partial charge in [0.15, 0.2) is 5.96 Å². The summed E-state index contributed by atoms with van der Waals surface area (Å²) in [4.78, 5) is 7.18. The minimum Gasteiger partial charge on any atom is -0.391 e. The Kier molecular flexibility index (Phi) is 7.34. The molecule has 4 nitrogen and oxygen atoms in total. The van der Waals surface area contributed by atoms with Crippen LogP contribution in [0.2, 0.25) is 0 Å². The van der Waals surface area contributed by atoms with Gasteiger partial charge in [-0.05, 0) is 31.7 Å². The molecule has 2 fully saturated rings. The quantitative estimate of drug-likeness (QED) is 0.427. The molecule has 0 aromatic heterocycles. The van der Waals surface area contributed by atoms with E-state index in [4.69, 9.17) is 4.99 Å². The van der Waals surface area contributed by atoms with Crippen molar-refractivity contribution in [2.24, 2.45) is 4.99 Å². The van der Waals surface area contributed by atoms with Crippen molar-refractivity contribution >= 4 is 29.9 Å². The van der Waals surface area contributed by atoms with Gasteiger partial charge in [-0.2, -0.15) is 0 Å². The van der Waals surface area contributed by atoms with Gasteiger partial charge >= 0.3 is 0 Å². The van der Waals surface area contributed by atoms with Crippen LogP contribution in [0.5, 0.6) is 0 Å². The third kappa shape index (κ3) is 4.42. The predicted octanol–water partition coefficient (Wildman–Crippen LogP) is 3.15. The van der Waals surface area contributed by atoms with Crippen LogP contribution in [0.3, 0.4) is 0 Å². The number of nitrogens with one attached hydrogen (secondary N) is 1. The lowest BCUT2D eigenvalue weighted by atomic mass is 9.79. The highest BCUT2D eigenvalue weighted by Gasteiger charge is 2.35. The molecule has 1 atom stereocenters. The molecule has 24 heavy (non-hydrogen) atoms. The van der Waals surface area contributed by atoms with Gasteiger partial charge in [-0.15, -0.1) is 24.0 Å². The molecule has 1 aliphatic carbocycles. The summed E-state index contributed by atoms with van der Waals surface area (Å²) >= 11 is 0. The minimum absolute atomic E-state index is 0. The molecule has 3 rings (SSSR count). The third-order valence-corrected chi connectivity index (χ3v) is 5.28. The monoisotopic (exact) mass is 443 g/mol. The summed E-state index contributed by atoms with van der Waals surface area (Å²) in [7, 11) is 0. The van der Waals surface area contributed by atoms with Crippen LogP contribution in [0.4, 0.5) is 0 Å². The molecule has 2 aliphatic rings. The zero-order chi connectivity index (χ0) is 16.1. The molecule has 0 unspecified atom stereocenters. The van der Waals surface area contributed by atoms with Crippen molar-refractivity contribution in [1.82, 2.24) is 10.2 Å². The van der Waals surface area contributed by atoms with Gasteiger partial charge in [0.25, 0.3) is 0 Å². The molecule has 1 saturated carbocycles. The van der Waals surface area contributed by atoms with E-state index < -0.39 is 0 Å². The Morgan fingerprint density at radius 2 is 2.00 bits per heavy atom. The Hall–Kier alpha value is -0.820. The van der Waals surface area contributed by atoms with Crippen LogP contribution in [-0.4, -0.2) is 48.2 Å². The van der Waals surface area contributed by atoms with Crippen LogP contribution in [0.25, 0.3) is 0 Å². The molecule has 0 bridgehead atoms. The van der Waals surface area contributed by atoms with Crippen LogP contribution in [-0.2, 0) is 5.41 Å². The molecule has 134 valence electrons. The smallest absolute Gasteiger partial charge is 0.194 e. The highest BCUT2D eigenvalue weighted by Crippen LogP contribution is 2.41. The zero-order valence-electron chi connectivity index (χ0n) is 14.6. The molecule has 1 saturated heterocycles. The van der Waals surface area contributed by atoms with Gasteiger partial charge in [0.1, 0.15) is 0 Å². The lowest BCUT2D eigenvalue weighted by molar-refractivity contribution is 0.187. The summed E-state index contributed by atoms with van der Waals surface area (Å²) in [5, 5.41) is 13.2. The Labute approximate surface area is 162 Å². The second-order valence-electron chi connectivity index (χ2n) is 6.91. The van der Waals surface area contributed by atoms with E-state index in [9.17, 15) is 5.11 Å². The first kappa shape index (κ1) is 19.5. The third-order valence-electron chi connectivity index (χ3n) is 5.28. The summed E-state index contributed by atoms with van der Waals surface area (Å²) in [5.41, 5.74) is 1.62. The van der Waals surface area contributed by atoms with Gasteiger partial charge in [-0.25, -0.2) is 0 Å². The van der Waals surface area contributed by atoms with Crippen molar-refractivity contribution in [3.05, 3.63) is 35.9 Å². The van der Waals surface area contributed by atoms with Gasteiger partial charge in [-0.3, -0.25) is 4.99 Å². The van der Waals surface area contributed by atoms with E-state index in [1.807, 2.05) is 0 Å². The van der Waals surface area contributed by atoms with E-state index >= 15 is 0 Å². The molecule has 1 aromatic carbocycles. The number of benzene rings is 1. The second kappa shape index (κ2) is 9.04. The van der Waals surface area contributed by atoms with Crippen LogP contribution < -0.4 is 5.32 Å². The van der Waals surface area contributed by atoms with Crippen molar-refractivity contribution in [3.63, 3.8) is 0 Å². The molecule has 0 spiro atoms. The number of rotatable bonds is 4. The lowest BCUT2D eigenvalue weighted by Gasteiger charge is -2.29. The number of β-amino-alcohol motifs (C(OH)–C–C–N with tert-alkyl or cyclic N) is 1. The first-order valence-electron chi connectivity index (χ1n) is 9.00. The highest BCUT2D eigenvalue weighted by atomic mass is 127. The summed E-state index contributed by atoms with van der Waals surface area (Å²) in [5.74, 6) is 0.964. The SMILES string of the molecule is CCNC(=NCC1(c2ccccc2)CCCC1)N1CC[C@@H](O)C1.I. The fraction of sp³-hybridized carbons (Fsp3) is 0.632. The number of aliphatic hydroxyl groups is 1. The van der Waals surface area contributed by atoms with Crippen molar-refractivity contribution < 1.29 is 5.11 Å². The maximum atomic E-state index is 9.80. The Bertz CT molecular complexity index is 529. The number of aliphatic hydroxyl groups excluding tert-OH is 1. The van der Waals surface area contributed by atoms with Gasteiger partial charge in [0.2, 0.25) is 0 Å². The van der Waals surface area contributed by atoms with E-state index in [0.717, 1.165) is 32.0 Å². The number of aliphatic imine (C=N–C) groups is 1. The van der Waals surface area contributed by atoms with Gasteiger partial charge < -0.3 is 15.3 Å². The predicted molar refractivity (Wildman–Crippen MR) is 110 cm³/mol. The van der Waals surface area contributed by atoms with E-state index in [1.165, 1.54) is 31.2 Å². The molecular weight excluding hydrogens is 413 g/mol. The number of hydrogen-bond acceptors (Lipinski definition) is 2. The van der Waals surface area contributed by atoms with Gasteiger partial charge in [-0.1, -0.05) is 43.2 Å². The van der Waals surface area contributed by atoms with E-state index in [0.29, 0.717) is 6.54 Å². The number of nitrogens with zero attached hydrogens (tertiary/aromatic N) is 2. The lowest BCUT2D eigenvalue weighted by Crippen LogP contribution is -2.41. The molecule has 0 radical (unpaired) electrons. The largest absolute Gasteiger partial charge is 0.391 e.